The highest BCUT2D eigenvalue weighted by molar-refractivity contribution is 7.91. The maximum absolute atomic E-state index is 11.4. The largest absolute Gasteiger partial charge is 0.249 e. The molecule has 1 unspecified atom stereocenters. The molecule has 0 heterocycles. The summed E-state index contributed by atoms with van der Waals surface area (Å²) in [5, 5.41) is 8.59. The number of rotatable bonds is 1. The molecule has 0 aromatic heterocycles. The van der Waals surface area contributed by atoms with Crippen LogP contribution in [-0.2, 0) is 9.73 Å². The van der Waals surface area contributed by atoms with Crippen molar-refractivity contribution in [2.75, 3.05) is 6.26 Å². The monoisotopic (exact) mass is 194 g/mol. The normalized spacial score (nSPS) is 14.5. The van der Waals surface area contributed by atoms with Gasteiger partial charge in [-0.05, 0) is 30.7 Å². The number of benzene rings is 1. The SMILES string of the molecule is Cc1cc(C#N)ccc1S(C)(=N)=O. The molecule has 0 saturated carbocycles. The van der Waals surface area contributed by atoms with Crippen LogP contribution in [0.5, 0.6) is 0 Å². The molecular formula is C9H10N2OS. The van der Waals surface area contributed by atoms with E-state index >= 15 is 0 Å². The molecule has 1 rings (SSSR count). The van der Waals surface area contributed by atoms with E-state index in [1.807, 2.05) is 6.07 Å². The topological polar surface area (TPSA) is 64.7 Å². The van der Waals surface area contributed by atoms with Crippen LogP contribution < -0.4 is 0 Å². The van der Waals surface area contributed by atoms with Crippen molar-refractivity contribution in [3.63, 3.8) is 0 Å². The summed E-state index contributed by atoms with van der Waals surface area (Å²) in [6.45, 7) is 1.76. The Bertz CT molecular complexity index is 469. The summed E-state index contributed by atoms with van der Waals surface area (Å²) in [5.74, 6) is 0. The molecule has 3 nitrogen and oxygen atoms in total. The summed E-state index contributed by atoms with van der Waals surface area (Å²) in [6.07, 6.45) is 1.38. The summed E-state index contributed by atoms with van der Waals surface area (Å²) in [7, 11) is -2.67. The molecule has 68 valence electrons. The van der Waals surface area contributed by atoms with Gasteiger partial charge < -0.3 is 0 Å². The van der Waals surface area contributed by atoms with E-state index in [0.29, 0.717) is 10.5 Å². The van der Waals surface area contributed by atoms with Gasteiger partial charge in [-0.1, -0.05) is 0 Å². The summed E-state index contributed by atoms with van der Waals surface area (Å²) < 4.78 is 18.8. The third-order valence-electron chi connectivity index (χ3n) is 1.72. The molecule has 0 spiro atoms. The minimum atomic E-state index is -2.67. The van der Waals surface area contributed by atoms with E-state index in [4.69, 9.17) is 10.0 Å². The molecule has 1 aromatic rings. The van der Waals surface area contributed by atoms with Crippen LogP contribution in [0, 0.1) is 23.0 Å². The third-order valence-corrected chi connectivity index (χ3v) is 3.02. The minimum absolute atomic E-state index is 0.506. The third kappa shape index (κ3) is 2.07. The first-order valence-electron chi connectivity index (χ1n) is 3.69. The summed E-state index contributed by atoms with van der Waals surface area (Å²) in [4.78, 5) is 0.506. The molecule has 13 heavy (non-hydrogen) atoms. The zero-order chi connectivity index (χ0) is 10.1. The van der Waals surface area contributed by atoms with E-state index in [-0.39, 0.29) is 0 Å². The molecule has 0 amide bonds. The average molecular weight is 194 g/mol. The first kappa shape index (κ1) is 9.75. The summed E-state index contributed by atoms with van der Waals surface area (Å²) in [5.41, 5.74) is 1.27. The molecule has 0 aliphatic carbocycles. The quantitative estimate of drug-likeness (QED) is 0.742. The highest BCUT2D eigenvalue weighted by Crippen LogP contribution is 2.16. The smallest absolute Gasteiger partial charge is 0.0991 e. The van der Waals surface area contributed by atoms with Gasteiger partial charge in [-0.25, -0.2) is 8.99 Å². The number of nitriles is 1. The standard InChI is InChI=1S/C9H10N2OS/c1-7-5-8(6-10)3-4-9(7)13(2,11)12/h3-5,11H,1-2H3. The molecule has 0 radical (unpaired) electrons. The fourth-order valence-electron chi connectivity index (χ4n) is 1.16. The second-order valence-electron chi connectivity index (χ2n) is 2.94. The Labute approximate surface area is 78.0 Å². The van der Waals surface area contributed by atoms with E-state index in [0.717, 1.165) is 5.56 Å². The number of hydrogen-bond acceptors (Lipinski definition) is 3. The van der Waals surface area contributed by atoms with Gasteiger partial charge in [0.15, 0.2) is 0 Å². The second kappa shape index (κ2) is 3.19. The van der Waals surface area contributed by atoms with Gasteiger partial charge in [0, 0.05) is 11.2 Å². The van der Waals surface area contributed by atoms with E-state index in [1.54, 1.807) is 25.1 Å². The highest BCUT2D eigenvalue weighted by atomic mass is 32.2. The van der Waals surface area contributed by atoms with Crippen LogP contribution in [0.15, 0.2) is 23.1 Å². The molecule has 1 aromatic carbocycles. The van der Waals surface area contributed by atoms with Gasteiger partial charge in [-0.3, -0.25) is 0 Å². The molecule has 0 aliphatic heterocycles. The van der Waals surface area contributed by atoms with Gasteiger partial charge in [0.2, 0.25) is 0 Å². The van der Waals surface area contributed by atoms with Crippen LogP contribution >= 0.6 is 0 Å². The van der Waals surface area contributed by atoms with Crippen molar-refractivity contribution in [3.8, 4) is 6.07 Å². The predicted molar refractivity (Wildman–Crippen MR) is 50.9 cm³/mol. The zero-order valence-corrected chi connectivity index (χ0v) is 8.31. The Morgan fingerprint density at radius 2 is 2.15 bits per heavy atom. The van der Waals surface area contributed by atoms with E-state index in [1.165, 1.54) is 6.26 Å². The van der Waals surface area contributed by atoms with Crippen LogP contribution in [-0.4, -0.2) is 10.5 Å². The Balaban J connectivity index is 3.40. The Kier molecular flexibility index (Phi) is 2.39. The lowest BCUT2D eigenvalue weighted by Gasteiger charge is -2.04. The van der Waals surface area contributed by atoms with E-state index in [9.17, 15) is 4.21 Å². The molecule has 0 saturated heterocycles. The summed E-state index contributed by atoms with van der Waals surface area (Å²) >= 11 is 0. The van der Waals surface area contributed by atoms with Crippen LogP contribution in [0.1, 0.15) is 11.1 Å². The van der Waals surface area contributed by atoms with Gasteiger partial charge >= 0.3 is 0 Å². The lowest BCUT2D eigenvalue weighted by Crippen LogP contribution is -1.98. The van der Waals surface area contributed by atoms with Gasteiger partial charge in [0.05, 0.1) is 21.4 Å². The van der Waals surface area contributed by atoms with Gasteiger partial charge in [-0.15, -0.1) is 0 Å². The van der Waals surface area contributed by atoms with Gasteiger partial charge in [0.1, 0.15) is 0 Å². The highest BCUT2D eigenvalue weighted by Gasteiger charge is 2.06. The first-order chi connectivity index (χ1) is 5.95. The summed E-state index contributed by atoms with van der Waals surface area (Å²) in [6, 6.07) is 6.81. The lowest BCUT2D eigenvalue weighted by molar-refractivity contribution is 0.678. The fourth-order valence-corrected chi connectivity index (χ4v) is 2.16. The molecule has 0 bridgehead atoms. The number of nitrogens with one attached hydrogen (secondary N) is 1. The van der Waals surface area contributed by atoms with Crippen molar-refractivity contribution < 1.29 is 4.21 Å². The van der Waals surface area contributed by atoms with Gasteiger partial charge in [-0.2, -0.15) is 5.26 Å². The minimum Gasteiger partial charge on any atom is -0.249 e. The van der Waals surface area contributed by atoms with Gasteiger partial charge in [0.25, 0.3) is 0 Å². The average Bonchev–Trinajstić information content (AvgIpc) is 2.01. The van der Waals surface area contributed by atoms with Crippen molar-refractivity contribution in [2.45, 2.75) is 11.8 Å². The van der Waals surface area contributed by atoms with Crippen molar-refractivity contribution in [1.29, 1.82) is 10.0 Å². The number of hydrogen-bond donors (Lipinski definition) is 1. The predicted octanol–water partition coefficient (Wildman–Crippen LogP) is 1.90. The van der Waals surface area contributed by atoms with Crippen molar-refractivity contribution in [2.24, 2.45) is 0 Å². The van der Waals surface area contributed by atoms with Crippen LogP contribution in [0.2, 0.25) is 0 Å². The van der Waals surface area contributed by atoms with E-state index < -0.39 is 9.73 Å². The Morgan fingerprint density at radius 3 is 2.54 bits per heavy atom. The van der Waals surface area contributed by atoms with Crippen LogP contribution in [0.3, 0.4) is 0 Å². The fraction of sp³-hybridized carbons (Fsp3) is 0.222. The Hall–Kier alpha value is -1.34. The van der Waals surface area contributed by atoms with Crippen LogP contribution in [0.25, 0.3) is 0 Å². The molecule has 0 aliphatic rings. The molecule has 1 N–H and O–H groups in total. The molecule has 0 fully saturated rings. The first-order valence-corrected chi connectivity index (χ1v) is 5.66. The second-order valence-corrected chi connectivity index (χ2v) is 5.06. The lowest BCUT2D eigenvalue weighted by atomic mass is 10.2. The molecular weight excluding hydrogens is 184 g/mol. The molecule has 1 atom stereocenters. The zero-order valence-electron chi connectivity index (χ0n) is 7.50. The molecule has 4 heteroatoms. The maximum atomic E-state index is 11.4. The van der Waals surface area contributed by atoms with Crippen molar-refractivity contribution in [1.82, 2.24) is 0 Å². The van der Waals surface area contributed by atoms with E-state index in [2.05, 4.69) is 0 Å². The maximum Gasteiger partial charge on any atom is 0.0991 e. The van der Waals surface area contributed by atoms with Crippen molar-refractivity contribution in [3.05, 3.63) is 29.3 Å². The van der Waals surface area contributed by atoms with Crippen molar-refractivity contribution >= 4 is 9.73 Å². The number of nitrogens with zero attached hydrogens (tertiary/aromatic N) is 1. The number of aryl methyl sites for hydroxylation is 1. The van der Waals surface area contributed by atoms with Crippen LogP contribution in [0.4, 0.5) is 0 Å². The Morgan fingerprint density at radius 1 is 1.54 bits per heavy atom.